The molecule has 33 heavy (non-hydrogen) atoms. The first-order valence-electron chi connectivity index (χ1n) is 9.97. The zero-order chi connectivity index (χ0) is 23.4. The number of benzene rings is 1. The Morgan fingerprint density at radius 1 is 1.18 bits per heavy atom. The van der Waals surface area contributed by atoms with E-state index in [1.165, 1.54) is 15.6 Å². The number of aromatic nitrogens is 4. The highest BCUT2D eigenvalue weighted by molar-refractivity contribution is 6.32. The summed E-state index contributed by atoms with van der Waals surface area (Å²) in [6.07, 6.45) is 4.67. The molecule has 0 spiro atoms. The van der Waals surface area contributed by atoms with Gasteiger partial charge >= 0.3 is 0 Å². The lowest BCUT2D eigenvalue weighted by Gasteiger charge is -2.08. The minimum Gasteiger partial charge on any atom is -0.470 e. The van der Waals surface area contributed by atoms with Crippen LogP contribution in [0.2, 0.25) is 5.02 Å². The zero-order valence-corrected chi connectivity index (χ0v) is 18.7. The van der Waals surface area contributed by atoms with E-state index in [1.807, 2.05) is 19.1 Å². The Morgan fingerprint density at radius 2 is 2.03 bits per heavy atom. The molecule has 0 aliphatic heterocycles. The molecule has 10 nitrogen and oxygen atoms in total. The summed E-state index contributed by atoms with van der Waals surface area (Å²) in [5, 5.41) is 14.2. The topological polar surface area (TPSA) is 116 Å². The number of hydrogen-bond acceptors (Lipinski definition) is 6. The summed E-state index contributed by atoms with van der Waals surface area (Å²) in [6.45, 7) is 2.21. The molecule has 0 bridgehead atoms. The van der Waals surface area contributed by atoms with Gasteiger partial charge in [-0.05, 0) is 42.8 Å². The molecule has 0 fully saturated rings. The first-order chi connectivity index (χ1) is 15.9. The van der Waals surface area contributed by atoms with E-state index >= 15 is 0 Å². The van der Waals surface area contributed by atoms with E-state index in [-0.39, 0.29) is 30.4 Å². The summed E-state index contributed by atoms with van der Waals surface area (Å²) in [5.41, 5.74) is 1.50. The van der Waals surface area contributed by atoms with Gasteiger partial charge in [0, 0.05) is 19.4 Å². The van der Waals surface area contributed by atoms with Crippen molar-refractivity contribution in [3.8, 4) is 5.75 Å². The molecule has 2 N–H and O–H groups in total. The van der Waals surface area contributed by atoms with Crippen molar-refractivity contribution in [1.82, 2.24) is 24.9 Å². The molecule has 0 aliphatic carbocycles. The molecule has 0 saturated carbocycles. The van der Waals surface area contributed by atoms with Crippen LogP contribution < -0.4 is 15.4 Å². The average molecular weight is 469 g/mol. The van der Waals surface area contributed by atoms with Crippen molar-refractivity contribution in [3.63, 3.8) is 0 Å². The highest BCUT2D eigenvalue weighted by atomic mass is 35.5. The standard InChI is InChI=1S/C22H21ClN6O4/c1-14-5-6-16(23)19(10-14)33-13-29-8-7-17(26-29)21(30)25-18-12-28(2)27-20(18)22(31)24-11-15-4-3-9-32-15/h3-10,12H,11,13H2,1-2H3,(H,24,31)(H,25,30). The van der Waals surface area contributed by atoms with Gasteiger partial charge in [0.1, 0.15) is 11.5 Å². The second-order valence-corrected chi connectivity index (χ2v) is 7.64. The van der Waals surface area contributed by atoms with Crippen LogP contribution in [0.4, 0.5) is 5.69 Å². The first-order valence-corrected chi connectivity index (χ1v) is 10.3. The van der Waals surface area contributed by atoms with Crippen molar-refractivity contribution in [1.29, 1.82) is 0 Å². The van der Waals surface area contributed by atoms with Crippen molar-refractivity contribution >= 4 is 29.1 Å². The molecule has 0 unspecified atom stereocenters. The van der Waals surface area contributed by atoms with Gasteiger partial charge in [0.05, 0.1) is 23.5 Å². The Hall–Kier alpha value is -4.05. The first kappa shape index (κ1) is 22.2. The van der Waals surface area contributed by atoms with Gasteiger partial charge in [-0.1, -0.05) is 17.7 Å². The summed E-state index contributed by atoms with van der Waals surface area (Å²) in [4.78, 5) is 25.2. The average Bonchev–Trinajstić information content (AvgIpc) is 3.54. The minimum absolute atomic E-state index is 0.0732. The minimum atomic E-state index is -0.490. The van der Waals surface area contributed by atoms with Gasteiger partial charge < -0.3 is 19.8 Å². The van der Waals surface area contributed by atoms with E-state index in [0.717, 1.165) is 5.56 Å². The van der Waals surface area contributed by atoms with Crippen LogP contribution in [0.3, 0.4) is 0 Å². The molecule has 4 rings (SSSR count). The quantitative estimate of drug-likeness (QED) is 0.409. The number of aryl methyl sites for hydroxylation is 2. The smallest absolute Gasteiger partial charge is 0.276 e. The maximum atomic E-state index is 12.7. The number of anilines is 1. The third kappa shape index (κ3) is 5.42. The van der Waals surface area contributed by atoms with Crippen LogP contribution in [0.15, 0.2) is 59.5 Å². The predicted molar refractivity (Wildman–Crippen MR) is 120 cm³/mol. The van der Waals surface area contributed by atoms with Gasteiger partial charge in [0.15, 0.2) is 18.1 Å². The fraction of sp³-hybridized carbons (Fsp3) is 0.182. The summed E-state index contributed by atoms with van der Waals surface area (Å²) in [7, 11) is 1.65. The maximum absolute atomic E-state index is 12.7. The van der Waals surface area contributed by atoms with Crippen molar-refractivity contribution in [2.24, 2.45) is 7.05 Å². The van der Waals surface area contributed by atoms with E-state index in [4.69, 9.17) is 20.8 Å². The van der Waals surface area contributed by atoms with E-state index in [2.05, 4.69) is 20.8 Å². The molecule has 0 aliphatic rings. The third-order valence-corrected chi connectivity index (χ3v) is 4.92. The highest BCUT2D eigenvalue weighted by Crippen LogP contribution is 2.25. The molecule has 0 saturated heterocycles. The lowest BCUT2D eigenvalue weighted by atomic mass is 10.2. The summed E-state index contributed by atoms with van der Waals surface area (Å²) >= 11 is 6.14. The number of furan rings is 1. The van der Waals surface area contributed by atoms with Gasteiger partial charge in [-0.2, -0.15) is 10.2 Å². The van der Waals surface area contributed by atoms with Crippen LogP contribution in [-0.4, -0.2) is 31.4 Å². The third-order valence-electron chi connectivity index (χ3n) is 4.61. The normalized spacial score (nSPS) is 10.8. The number of amides is 2. The largest absolute Gasteiger partial charge is 0.470 e. The maximum Gasteiger partial charge on any atom is 0.276 e. The van der Waals surface area contributed by atoms with E-state index in [1.54, 1.807) is 43.7 Å². The molecular weight excluding hydrogens is 448 g/mol. The van der Waals surface area contributed by atoms with Crippen molar-refractivity contribution in [3.05, 3.63) is 82.8 Å². The van der Waals surface area contributed by atoms with E-state index in [0.29, 0.717) is 16.5 Å². The molecular formula is C22H21ClN6O4. The molecule has 4 aromatic rings. The summed E-state index contributed by atoms with van der Waals surface area (Å²) in [5.74, 6) is 0.190. The Morgan fingerprint density at radius 3 is 2.82 bits per heavy atom. The SMILES string of the molecule is Cc1ccc(Cl)c(OCn2ccc(C(=O)Nc3cn(C)nc3C(=O)NCc3ccco3)n2)c1. The Kier molecular flexibility index (Phi) is 6.45. The van der Waals surface area contributed by atoms with Gasteiger partial charge in [0.2, 0.25) is 0 Å². The lowest BCUT2D eigenvalue weighted by molar-refractivity contribution is 0.0943. The molecule has 0 atom stereocenters. The monoisotopic (exact) mass is 468 g/mol. The van der Waals surface area contributed by atoms with Crippen LogP contribution >= 0.6 is 11.6 Å². The Bertz CT molecular complexity index is 1280. The van der Waals surface area contributed by atoms with Gasteiger partial charge in [-0.15, -0.1) is 0 Å². The summed E-state index contributed by atoms with van der Waals surface area (Å²) < 4.78 is 13.8. The van der Waals surface area contributed by atoms with Gasteiger partial charge in [-0.3, -0.25) is 14.3 Å². The molecule has 11 heteroatoms. The number of rotatable bonds is 8. The number of carbonyl (C=O) groups is 2. The molecule has 0 radical (unpaired) electrons. The second-order valence-electron chi connectivity index (χ2n) is 7.23. The van der Waals surface area contributed by atoms with Crippen molar-refractivity contribution < 1.29 is 18.7 Å². The fourth-order valence-corrected chi connectivity index (χ4v) is 3.18. The highest BCUT2D eigenvalue weighted by Gasteiger charge is 2.20. The molecule has 170 valence electrons. The van der Waals surface area contributed by atoms with Crippen LogP contribution in [0.25, 0.3) is 0 Å². The Labute approximate surface area is 194 Å². The van der Waals surface area contributed by atoms with E-state index < -0.39 is 11.8 Å². The number of halogens is 1. The molecule has 3 heterocycles. The van der Waals surface area contributed by atoms with Crippen molar-refractivity contribution in [2.45, 2.75) is 20.2 Å². The fourth-order valence-electron chi connectivity index (χ4n) is 3.01. The number of hydrogen-bond donors (Lipinski definition) is 2. The van der Waals surface area contributed by atoms with Crippen LogP contribution in [0.5, 0.6) is 5.75 Å². The van der Waals surface area contributed by atoms with Crippen LogP contribution in [-0.2, 0) is 20.3 Å². The number of nitrogens with one attached hydrogen (secondary N) is 2. The number of ether oxygens (including phenoxy) is 1. The molecule has 2 amide bonds. The molecule has 3 aromatic heterocycles. The summed E-state index contributed by atoms with van der Waals surface area (Å²) in [6, 6.07) is 10.5. The number of nitrogens with zero attached hydrogens (tertiary/aromatic N) is 4. The zero-order valence-electron chi connectivity index (χ0n) is 17.9. The van der Waals surface area contributed by atoms with Crippen LogP contribution in [0.1, 0.15) is 32.3 Å². The van der Waals surface area contributed by atoms with Gasteiger partial charge in [0.25, 0.3) is 11.8 Å². The van der Waals surface area contributed by atoms with Crippen molar-refractivity contribution in [2.75, 3.05) is 5.32 Å². The lowest BCUT2D eigenvalue weighted by Crippen LogP contribution is -2.25. The van der Waals surface area contributed by atoms with Gasteiger partial charge in [-0.25, -0.2) is 4.68 Å². The predicted octanol–water partition coefficient (Wildman–Crippen LogP) is 3.39. The number of carbonyl (C=O) groups excluding carboxylic acids is 2. The molecule has 1 aromatic carbocycles. The Balaban J connectivity index is 1.39. The van der Waals surface area contributed by atoms with Crippen LogP contribution in [0, 0.1) is 6.92 Å². The van der Waals surface area contributed by atoms with E-state index in [9.17, 15) is 9.59 Å². The second kappa shape index (κ2) is 9.61.